The molecule has 152 valence electrons. The Kier molecular flexibility index (Phi) is 5.17. The molecule has 2 aromatic rings. The summed E-state index contributed by atoms with van der Waals surface area (Å²) in [5, 5.41) is 0. The Bertz CT molecular complexity index is 961. The van der Waals surface area contributed by atoms with Gasteiger partial charge in [0.2, 0.25) is 5.91 Å². The van der Waals surface area contributed by atoms with Gasteiger partial charge in [0.05, 0.1) is 24.1 Å². The van der Waals surface area contributed by atoms with E-state index in [1.165, 1.54) is 6.20 Å². The topological polar surface area (TPSA) is 99.3 Å². The first-order chi connectivity index (χ1) is 14.0. The summed E-state index contributed by atoms with van der Waals surface area (Å²) >= 11 is 0. The Labute approximate surface area is 169 Å². The van der Waals surface area contributed by atoms with Gasteiger partial charge in [0.15, 0.2) is 0 Å². The molecule has 0 bridgehead atoms. The second-order valence-corrected chi connectivity index (χ2v) is 8.10. The first-order valence-electron chi connectivity index (χ1n) is 9.98. The van der Waals surface area contributed by atoms with Crippen LogP contribution in [0.3, 0.4) is 0 Å². The number of piperidine rings is 2. The lowest BCUT2D eigenvalue weighted by Crippen LogP contribution is -2.52. The molecule has 0 aromatic carbocycles. The van der Waals surface area contributed by atoms with Crippen molar-refractivity contribution in [2.45, 2.75) is 39.2 Å². The molecule has 29 heavy (non-hydrogen) atoms. The average Bonchev–Trinajstić information content (AvgIpc) is 2.73. The number of carbonyl (C=O) groups excluding carboxylic acids is 2. The van der Waals surface area contributed by atoms with Crippen LogP contribution in [0.2, 0.25) is 0 Å². The maximum absolute atomic E-state index is 12.7. The van der Waals surface area contributed by atoms with E-state index in [-0.39, 0.29) is 28.4 Å². The van der Waals surface area contributed by atoms with E-state index in [9.17, 15) is 14.4 Å². The highest BCUT2D eigenvalue weighted by Crippen LogP contribution is 2.40. The van der Waals surface area contributed by atoms with Gasteiger partial charge in [-0.25, -0.2) is 0 Å². The van der Waals surface area contributed by atoms with E-state index in [0.29, 0.717) is 32.6 Å². The number of aromatic nitrogens is 3. The third-order valence-electron chi connectivity index (χ3n) is 6.10. The van der Waals surface area contributed by atoms with Crippen LogP contribution in [-0.4, -0.2) is 56.2 Å². The number of hydrogen-bond donors (Lipinski definition) is 1. The fourth-order valence-corrected chi connectivity index (χ4v) is 4.30. The van der Waals surface area contributed by atoms with Gasteiger partial charge < -0.3 is 14.8 Å². The van der Waals surface area contributed by atoms with E-state index < -0.39 is 0 Å². The number of nitrogens with zero attached hydrogens (tertiary/aromatic N) is 4. The molecule has 2 aromatic heterocycles. The first-order valence-corrected chi connectivity index (χ1v) is 9.98. The summed E-state index contributed by atoms with van der Waals surface area (Å²) in [6, 6.07) is 3.23. The molecule has 0 radical (unpaired) electrons. The van der Waals surface area contributed by atoms with Crippen LogP contribution in [0.5, 0.6) is 0 Å². The second kappa shape index (κ2) is 7.77. The van der Waals surface area contributed by atoms with E-state index in [1.807, 2.05) is 11.8 Å². The minimum absolute atomic E-state index is 0.0198. The molecule has 2 aliphatic rings. The number of pyridine rings is 1. The van der Waals surface area contributed by atoms with Crippen LogP contribution in [-0.2, 0) is 11.3 Å². The molecule has 0 aliphatic carbocycles. The van der Waals surface area contributed by atoms with Gasteiger partial charge in [-0.1, -0.05) is 0 Å². The van der Waals surface area contributed by atoms with Crippen LogP contribution in [0.4, 0.5) is 0 Å². The summed E-state index contributed by atoms with van der Waals surface area (Å²) in [5.74, 6) is -0.0762. The van der Waals surface area contributed by atoms with Gasteiger partial charge >= 0.3 is 0 Å². The highest BCUT2D eigenvalue weighted by Gasteiger charge is 2.42. The van der Waals surface area contributed by atoms with E-state index in [1.54, 1.807) is 29.4 Å². The van der Waals surface area contributed by atoms with Crippen LogP contribution in [0, 0.1) is 12.3 Å². The van der Waals surface area contributed by atoms with E-state index in [4.69, 9.17) is 0 Å². The van der Waals surface area contributed by atoms with Crippen molar-refractivity contribution in [3.05, 3.63) is 58.0 Å². The smallest absolute Gasteiger partial charge is 0.260 e. The Hall–Kier alpha value is -3.03. The molecule has 0 saturated carbocycles. The highest BCUT2D eigenvalue weighted by molar-refractivity contribution is 5.93. The molecule has 8 nitrogen and oxygen atoms in total. The van der Waals surface area contributed by atoms with Crippen LogP contribution >= 0.6 is 0 Å². The number of H-pyrrole nitrogens is 1. The molecule has 8 heteroatoms. The Morgan fingerprint density at radius 1 is 1.17 bits per heavy atom. The van der Waals surface area contributed by atoms with Crippen molar-refractivity contribution in [3.63, 3.8) is 0 Å². The molecule has 2 fully saturated rings. The third-order valence-corrected chi connectivity index (χ3v) is 6.10. The van der Waals surface area contributed by atoms with Crippen LogP contribution in [0.1, 0.15) is 47.4 Å². The standard InChI is InChI=1S/C21H25N5O3/c1-15-11-24-16(12-23-15)13-26-14-21(5-4-18(26)27)6-9-25(10-7-21)20(29)17-3-2-8-22-19(17)28/h2-3,8,11-12H,4-7,9-10,13-14H2,1H3,(H,22,28). The Morgan fingerprint density at radius 2 is 1.97 bits per heavy atom. The van der Waals surface area contributed by atoms with Crippen molar-refractivity contribution in [2.24, 2.45) is 5.41 Å². The molecule has 0 unspecified atom stereocenters. The molecule has 2 saturated heterocycles. The summed E-state index contributed by atoms with van der Waals surface area (Å²) in [4.78, 5) is 51.9. The zero-order valence-corrected chi connectivity index (χ0v) is 16.6. The number of hydrogen-bond acceptors (Lipinski definition) is 5. The summed E-state index contributed by atoms with van der Waals surface area (Å²) < 4.78 is 0. The zero-order valence-electron chi connectivity index (χ0n) is 16.6. The minimum atomic E-state index is -0.355. The van der Waals surface area contributed by atoms with Crippen LogP contribution in [0.25, 0.3) is 0 Å². The van der Waals surface area contributed by atoms with E-state index >= 15 is 0 Å². The lowest BCUT2D eigenvalue weighted by molar-refractivity contribution is -0.139. The maximum atomic E-state index is 12.7. The average molecular weight is 395 g/mol. The number of aryl methyl sites for hydroxylation is 1. The van der Waals surface area contributed by atoms with Crippen molar-refractivity contribution in [1.82, 2.24) is 24.8 Å². The summed E-state index contributed by atoms with van der Waals surface area (Å²) in [7, 11) is 0. The fourth-order valence-electron chi connectivity index (χ4n) is 4.30. The third kappa shape index (κ3) is 4.06. The minimum Gasteiger partial charge on any atom is -0.338 e. The molecule has 2 aliphatic heterocycles. The predicted octanol–water partition coefficient (Wildman–Crippen LogP) is 1.52. The van der Waals surface area contributed by atoms with Crippen LogP contribution in [0.15, 0.2) is 35.5 Å². The number of amides is 2. The first kappa shape index (κ1) is 19.3. The number of likely N-dealkylation sites (tertiary alicyclic amines) is 2. The SMILES string of the molecule is Cc1cnc(CN2CC3(CCC2=O)CCN(C(=O)c2ccc[nH]c2=O)CC3)cn1. The van der Waals surface area contributed by atoms with Crippen molar-refractivity contribution < 1.29 is 9.59 Å². The van der Waals surface area contributed by atoms with Gasteiger partial charge in [0.25, 0.3) is 11.5 Å². The molecule has 1 spiro atoms. The molecule has 2 amide bonds. The van der Waals surface area contributed by atoms with Gasteiger partial charge in [-0.3, -0.25) is 24.4 Å². The molecular weight excluding hydrogens is 370 g/mol. The van der Waals surface area contributed by atoms with E-state index in [0.717, 1.165) is 30.7 Å². The van der Waals surface area contributed by atoms with Gasteiger partial charge in [-0.2, -0.15) is 0 Å². The van der Waals surface area contributed by atoms with Crippen molar-refractivity contribution >= 4 is 11.8 Å². The van der Waals surface area contributed by atoms with Crippen molar-refractivity contribution in [1.29, 1.82) is 0 Å². The molecular formula is C21H25N5O3. The van der Waals surface area contributed by atoms with Crippen molar-refractivity contribution in [2.75, 3.05) is 19.6 Å². The Balaban J connectivity index is 1.41. The van der Waals surface area contributed by atoms with Gasteiger partial charge in [0.1, 0.15) is 5.56 Å². The number of rotatable bonds is 3. The monoisotopic (exact) mass is 395 g/mol. The largest absolute Gasteiger partial charge is 0.338 e. The lowest BCUT2D eigenvalue weighted by Gasteiger charge is -2.47. The molecule has 4 heterocycles. The summed E-state index contributed by atoms with van der Waals surface area (Å²) in [6.45, 7) is 4.22. The van der Waals surface area contributed by atoms with Gasteiger partial charge in [-0.05, 0) is 43.7 Å². The second-order valence-electron chi connectivity index (χ2n) is 8.10. The maximum Gasteiger partial charge on any atom is 0.260 e. The normalized spacial score (nSPS) is 18.9. The van der Waals surface area contributed by atoms with Crippen LogP contribution < -0.4 is 5.56 Å². The number of carbonyl (C=O) groups is 2. The number of aromatic amines is 1. The summed E-state index contributed by atoms with van der Waals surface area (Å²) in [5.41, 5.74) is 1.49. The van der Waals surface area contributed by atoms with Crippen molar-refractivity contribution in [3.8, 4) is 0 Å². The molecule has 0 atom stereocenters. The fraction of sp³-hybridized carbons (Fsp3) is 0.476. The zero-order chi connectivity index (χ0) is 20.4. The van der Waals surface area contributed by atoms with Gasteiger partial charge in [-0.15, -0.1) is 0 Å². The predicted molar refractivity (Wildman–Crippen MR) is 106 cm³/mol. The molecule has 4 rings (SSSR count). The Morgan fingerprint density at radius 3 is 2.66 bits per heavy atom. The quantitative estimate of drug-likeness (QED) is 0.849. The summed E-state index contributed by atoms with van der Waals surface area (Å²) in [6.07, 6.45) is 7.98. The lowest BCUT2D eigenvalue weighted by atomic mass is 9.72. The highest BCUT2D eigenvalue weighted by atomic mass is 16.2. The molecule has 1 N–H and O–H groups in total. The number of nitrogens with one attached hydrogen (secondary N) is 1. The van der Waals surface area contributed by atoms with E-state index in [2.05, 4.69) is 15.0 Å². The van der Waals surface area contributed by atoms with Gasteiger partial charge in [0, 0.05) is 38.4 Å².